The summed E-state index contributed by atoms with van der Waals surface area (Å²) in [4.78, 5) is 21.9. The Bertz CT molecular complexity index is 384. The van der Waals surface area contributed by atoms with Crippen molar-refractivity contribution in [3.63, 3.8) is 0 Å². The number of carboxylic acid groups (broad SMARTS) is 1. The van der Waals surface area contributed by atoms with Gasteiger partial charge in [-0.25, -0.2) is 4.79 Å². The number of carboxylic acids is 1. The Hall–Kier alpha value is -1.14. The van der Waals surface area contributed by atoms with Gasteiger partial charge in [0.2, 0.25) is 0 Å². The van der Waals surface area contributed by atoms with Crippen molar-refractivity contribution in [2.45, 2.75) is 116 Å². The van der Waals surface area contributed by atoms with E-state index in [9.17, 15) is 19.8 Å². The van der Waals surface area contributed by atoms with Crippen LogP contribution in [0.15, 0.2) is 0 Å². The van der Waals surface area contributed by atoms with Crippen molar-refractivity contribution in [3.8, 4) is 0 Å². The summed E-state index contributed by atoms with van der Waals surface area (Å²) < 4.78 is 4.39. The second-order valence-electron chi connectivity index (χ2n) is 7.14. The topological polar surface area (TPSA) is 104 Å². The number of rotatable bonds is 17. The van der Waals surface area contributed by atoms with Crippen LogP contribution in [0, 0.1) is 0 Å². The molecule has 0 bridgehead atoms. The Labute approximate surface area is 157 Å². The Balaban J connectivity index is 3.65. The van der Waals surface area contributed by atoms with Crippen molar-refractivity contribution in [1.29, 1.82) is 0 Å². The van der Waals surface area contributed by atoms with Crippen molar-refractivity contribution in [1.82, 2.24) is 0 Å². The molecule has 0 aliphatic rings. The monoisotopic (exact) mass is 374 g/mol. The Morgan fingerprint density at radius 3 is 1.58 bits per heavy atom. The highest BCUT2D eigenvalue weighted by Crippen LogP contribution is 2.20. The largest absolute Gasteiger partial charge is 0.476 e. The highest BCUT2D eigenvalue weighted by Gasteiger charge is 2.47. The van der Waals surface area contributed by atoms with Crippen LogP contribution < -0.4 is 0 Å². The lowest BCUT2D eigenvalue weighted by atomic mass is 10.0. The number of carbonyl (C=O) groups excluding carboxylic acids is 1. The second kappa shape index (κ2) is 15.0. The number of ether oxygens (including phenoxy) is 1. The lowest BCUT2D eigenvalue weighted by Gasteiger charge is -2.27. The summed E-state index contributed by atoms with van der Waals surface area (Å²) in [5.41, 5.74) is 0. The van der Waals surface area contributed by atoms with E-state index in [1.54, 1.807) is 0 Å². The van der Waals surface area contributed by atoms with E-state index in [2.05, 4.69) is 11.7 Å². The molecule has 0 heterocycles. The van der Waals surface area contributed by atoms with Crippen LogP contribution in [0.25, 0.3) is 0 Å². The first-order valence-corrected chi connectivity index (χ1v) is 10.2. The maximum Gasteiger partial charge on any atom is 0.380 e. The lowest BCUT2D eigenvalue weighted by Crippen LogP contribution is -2.52. The number of hydrogen-bond acceptors (Lipinski definition) is 5. The molecule has 6 heteroatoms. The van der Waals surface area contributed by atoms with Gasteiger partial charge in [-0.05, 0) is 6.42 Å². The molecule has 0 aromatic heterocycles. The number of carbonyl (C=O) groups is 2. The van der Waals surface area contributed by atoms with E-state index in [1.165, 1.54) is 57.8 Å². The molecule has 3 N–H and O–H groups in total. The summed E-state index contributed by atoms with van der Waals surface area (Å²) in [6, 6.07) is 0. The maximum atomic E-state index is 11.0. The van der Waals surface area contributed by atoms with Crippen LogP contribution in [-0.2, 0) is 14.3 Å². The summed E-state index contributed by atoms with van der Waals surface area (Å²) in [7, 11) is 0. The van der Waals surface area contributed by atoms with E-state index in [0.717, 1.165) is 26.2 Å². The molecule has 0 fully saturated rings. The molecule has 2 unspecified atom stereocenters. The molecule has 6 nitrogen and oxygen atoms in total. The minimum Gasteiger partial charge on any atom is -0.476 e. The summed E-state index contributed by atoms with van der Waals surface area (Å²) in [6.07, 6.45) is 13.8. The van der Waals surface area contributed by atoms with Gasteiger partial charge >= 0.3 is 17.7 Å². The highest BCUT2D eigenvalue weighted by atomic mass is 16.7. The van der Waals surface area contributed by atoms with E-state index in [4.69, 9.17) is 5.11 Å². The molecular formula is C20H38O6. The fourth-order valence-corrected chi connectivity index (χ4v) is 3.02. The van der Waals surface area contributed by atoms with Crippen LogP contribution in [0.4, 0.5) is 0 Å². The molecular weight excluding hydrogens is 336 g/mol. The Morgan fingerprint density at radius 2 is 1.23 bits per heavy atom. The van der Waals surface area contributed by atoms with Gasteiger partial charge in [0.1, 0.15) is 6.10 Å². The number of unbranched alkanes of at least 4 members (excludes halogenated alkanes) is 12. The van der Waals surface area contributed by atoms with Crippen LogP contribution in [0.5, 0.6) is 0 Å². The van der Waals surface area contributed by atoms with Crippen LogP contribution in [0.2, 0.25) is 0 Å². The van der Waals surface area contributed by atoms with Crippen molar-refractivity contribution in [2.75, 3.05) is 0 Å². The Morgan fingerprint density at radius 1 is 0.846 bits per heavy atom. The van der Waals surface area contributed by atoms with Gasteiger partial charge in [0, 0.05) is 6.92 Å². The van der Waals surface area contributed by atoms with Crippen molar-refractivity contribution < 1.29 is 29.6 Å². The van der Waals surface area contributed by atoms with E-state index in [1.807, 2.05) is 0 Å². The molecule has 0 rings (SSSR count). The first-order chi connectivity index (χ1) is 12.3. The average Bonchev–Trinajstić information content (AvgIpc) is 2.57. The van der Waals surface area contributed by atoms with Crippen LogP contribution in [0.1, 0.15) is 104 Å². The highest BCUT2D eigenvalue weighted by molar-refractivity contribution is 5.80. The molecule has 0 spiro atoms. The smallest absolute Gasteiger partial charge is 0.380 e. The SMILES string of the molecule is CCCCCCCCCCCCCCCC(O)C(O)(OC(C)=O)C(=O)O. The fraction of sp³-hybridized carbons (Fsp3) is 0.900. The van der Waals surface area contributed by atoms with Gasteiger partial charge < -0.3 is 20.1 Å². The van der Waals surface area contributed by atoms with Crippen molar-refractivity contribution in [2.24, 2.45) is 0 Å². The van der Waals surface area contributed by atoms with Gasteiger partial charge in [0.15, 0.2) is 0 Å². The molecule has 0 aliphatic carbocycles. The summed E-state index contributed by atoms with van der Waals surface area (Å²) in [6.45, 7) is 3.22. The van der Waals surface area contributed by atoms with Gasteiger partial charge in [-0.2, -0.15) is 0 Å². The van der Waals surface area contributed by atoms with Crippen molar-refractivity contribution in [3.05, 3.63) is 0 Å². The molecule has 0 radical (unpaired) electrons. The Kier molecular flexibility index (Phi) is 14.3. The number of hydrogen-bond donors (Lipinski definition) is 3. The zero-order chi connectivity index (χ0) is 19.8. The number of esters is 1. The maximum absolute atomic E-state index is 11.0. The molecule has 2 atom stereocenters. The minimum absolute atomic E-state index is 0.0772. The summed E-state index contributed by atoms with van der Waals surface area (Å²) >= 11 is 0. The second-order valence-corrected chi connectivity index (χ2v) is 7.14. The normalized spacial score (nSPS) is 14.6. The molecule has 154 valence electrons. The zero-order valence-corrected chi connectivity index (χ0v) is 16.5. The predicted octanol–water partition coefficient (Wildman–Crippen LogP) is 4.16. The van der Waals surface area contributed by atoms with Crippen LogP contribution in [0.3, 0.4) is 0 Å². The van der Waals surface area contributed by atoms with Gasteiger partial charge in [-0.15, -0.1) is 0 Å². The van der Waals surface area contributed by atoms with Gasteiger partial charge in [0.05, 0.1) is 0 Å². The van der Waals surface area contributed by atoms with E-state index >= 15 is 0 Å². The third-order valence-electron chi connectivity index (χ3n) is 4.64. The third-order valence-corrected chi connectivity index (χ3v) is 4.64. The average molecular weight is 375 g/mol. The van der Waals surface area contributed by atoms with Crippen LogP contribution >= 0.6 is 0 Å². The zero-order valence-electron chi connectivity index (χ0n) is 16.5. The van der Waals surface area contributed by atoms with Crippen LogP contribution in [-0.4, -0.2) is 39.1 Å². The number of aliphatic carboxylic acids is 1. The predicted molar refractivity (Wildman–Crippen MR) is 101 cm³/mol. The molecule has 0 aliphatic heterocycles. The molecule has 0 saturated carbocycles. The molecule has 0 saturated heterocycles. The van der Waals surface area contributed by atoms with Gasteiger partial charge in [-0.3, -0.25) is 4.79 Å². The third kappa shape index (κ3) is 11.5. The van der Waals surface area contributed by atoms with E-state index in [0.29, 0.717) is 6.42 Å². The first-order valence-electron chi connectivity index (χ1n) is 10.2. The van der Waals surface area contributed by atoms with E-state index < -0.39 is 23.8 Å². The molecule has 0 aromatic carbocycles. The standard InChI is InChI=1S/C20H38O6/c1-3-4-5-6-7-8-9-10-11-12-13-14-15-16-18(22)20(25,19(23)24)26-17(2)21/h18,22,25H,3-16H2,1-2H3,(H,23,24). The first kappa shape index (κ1) is 24.9. The van der Waals surface area contributed by atoms with Crippen molar-refractivity contribution >= 4 is 11.9 Å². The van der Waals surface area contributed by atoms with E-state index in [-0.39, 0.29) is 6.42 Å². The number of aliphatic hydroxyl groups excluding tert-OH is 1. The minimum atomic E-state index is -2.86. The fourth-order valence-electron chi connectivity index (χ4n) is 3.02. The molecule has 0 amide bonds. The number of aliphatic hydroxyl groups is 2. The summed E-state index contributed by atoms with van der Waals surface area (Å²) in [5, 5.41) is 28.7. The molecule has 0 aromatic rings. The summed E-state index contributed by atoms with van der Waals surface area (Å²) in [5.74, 6) is -5.56. The van der Waals surface area contributed by atoms with Gasteiger partial charge in [-0.1, -0.05) is 90.4 Å². The van der Waals surface area contributed by atoms with Gasteiger partial charge in [0.25, 0.3) is 0 Å². The lowest BCUT2D eigenvalue weighted by molar-refractivity contribution is -0.251. The quantitative estimate of drug-likeness (QED) is 0.201. The molecule has 26 heavy (non-hydrogen) atoms.